The third-order valence-electron chi connectivity index (χ3n) is 2.94. The van der Waals surface area contributed by atoms with Crippen LogP contribution >= 0.6 is 0 Å². The van der Waals surface area contributed by atoms with Crippen LogP contribution in [0.3, 0.4) is 0 Å². The molecule has 1 saturated heterocycles. The third kappa shape index (κ3) is 2.25. The van der Waals surface area contributed by atoms with E-state index in [2.05, 4.69) is 10.0 Å². The van der Waals surface area contributed by atoms with Crippen LogP contribution in [0, 0.1) is 0 Å². The van der Waals surface area contributed by atoms with E-state index < -0.39 is 10.0 Å². The molecule has 0 aromatic carbocycles. The maximum atomic E-state index is 11.8. The Morgan fingerprint density at radius 3 is 2.27 bits per heavy atom. The summed E-state index contributed by atoms with van der Waals surface area (Å²) in [6.07, 6.45) is 2.91. The van der Waals surface area contributed by atoms with Gasteiger partial charge >= 0.3 is 0 Å². The van der Waals surface area contributed by atoms with Crippen molar-refractivity contribution in [3.8, 4) is 0 Å². The van der Waals surface area contributed by atoms with Crippen molar-refractivity contribution in [1.82, 2.24) is 4.31 Å². The molecule has 1 saturated carbocycles. The van der Waals surface area contributed by atoms with E-state index in [4.69, 9.17) is 5.53 Å². The predicted molar refractivity (Wildman–Crippen MR) is 55.7 cm³/mol. The molecule has 15 heavy (non-hydrogen) atoms. The molecule has 2 fully saturated rings. The van der Waals surface area contributed by atoms with Crippen molar-refractivity contribution < 1.29 is 8.42 Å². The zero-order valence-corrected chi connectivity index (χ0v) is 9.23. The van der Waals surface area contributed by atoms with Crippen molar-refractivity contribution in [1.29, 1.82) is 0 Å². The van der Waals surface area contributed by atoms with Crippen molar-refractivity contribution in [2.45, 2.75) is 37.0 Å². The Morgan fingerprint density at radius 2 is 1.80 bits per heavy atom. The Hall–Kier alpha value is -0.780. The second-order valence-corrected chi connectivity index (χ2v) is 6.29. The van der Waals surface area contributed by atoms with Gasteiger partial charge in [0.1, 0.15) is 0 Å². The van der Waals surface area contributed by atoms with Crippen LogP contribution in [-0.2, 0) is 10.0 Å². The first-order valence-electron chi connectivity index (χ1n) is 5.18. The molecule has 0 aromatic rings. The summed E-state index contributed by atoms with van der Waals surface area (Å²) in [6, 6.07) is -0.0272. The number of hydrogen-bond acceptors (Lipinski definition) is 3. The molecular weight excluding hydrogens is 216 g/mol. The molecule has 0 bridgehead atoms. The molecule has 0 spiro atoms. The van der Waals surface area contributed by atoms with Gasteiger partial charge in [0.25, 0.3) is 0 Å². The van der Waals surface area contributed by atoms with E-state index in [1.165, 1.54) is 0 Å². The average molecular weight is 230 g/mol. The molecule has 0 aromatic heterocycles. The van der Waals surface area contributed by atoms with Gasteiger partial charge in [0.2, 0.25) is 10.0 Å². The fourth-order valence-electron chi connectivity index (χ4n) is 1.86. The topological polar surface area (TPSA) is 86.1 Å². The van der Waals surface area contributed by atoms with Crippen LogP contribution in [0.2, 0.25) is 0 Å². The Labute approximate surface area is 88.9 Å². The molecule has 84 valence electrons. The van der Waals surface area contributed by atoms with Gasteiger partial charge in [-0.2, -0.15) is 0 Å². The van der Waals surface area contributed by atoms with Gasteiger partial charge in [-0.25, -0.2) is 12.7 Å². The molecule has 6 nitrogen and oxygen atoms in total. The van der Waals surface area contributed by atoms with Crippen LogP contribution in [-0.4, -0.2) is 37.1 Å². The van der Waals surface area contributed by atoms with E-state index in [9.17, 15) is 8.42 Å². The summed E-state index contributed by atoms with van der Waals surface area (Å²) in [4.78, 5) is 2.75. The Balaban J connectivity index is 1.95. The lowest BCUT2D eigenvalue weighted by Crippen LogP contribution is -2.41. The first-order chi connectivity index (χ1) is 7.14. The van der Waals surface area contributed by atoms with E-state index >= 15 is 0 Å². The van der Waals surface area contributed by atoms with E-state index in [0.717, 1.165) is 12.8 Å². The maximum absolute atomic E-state index is 11.8. The molecule has 0 unspecified atom stereocenters. The molecule has 0 radical (unpaired) electrons. The van der Waals surface area contributed by atoms with Crippen LogP contribution in [0.1, 0.15) is 25.7 Å². The molecular formula is C8H14N4O2S. The summed E-state index contributed by atoms with van der Waals surface area (Å²) in [5.41, 5.74) is 8.27. The molecule has 1 aliphatic heterocycles. The van der Waals surface area contributed by atoms with Gasteiger partial charge in [0.15, 0.2) is 0 Å². The fraction of sp³-hybridized carbons (Fsp3) is 1.00. The lowest BCUT2D eigenvalue weighted by molar-refractivity contribution is 0.319. The van der Waals surface area contributed by atoms with Gasteiger partial charge in [-0.05, 0) is 31.2 Å². The van der Waals surface area contributed by atoms with E-state index in [1.54, 1.807) is 4.31 Å². The predicted octanol–water partition coefficient (Wildman–Crippen LogP) is 1.25. The van der Waals surface area contributed by atoms with Gasteiger partial charge in [-0.3, -0.25) is 0 Å². The maximum Gasteiger partial charge on any atom is 0.216 e. The molecule has 7 heteroatoms. The molecule has 2 aliphatic rings. The van der Waals surface area contributed by atoms with Crippen LogP contribution in [0.25, 0.3) is 10.4 Å². The van der Waals surface area contributed by atoms with Gasteiger partial charge in [0.05, 0.1) is 5.25 Å². The summed E-state index contributed by atoms with van der Waals surface area (Å²) in [5.74, 6) is 0. The van der Waals surface area contributed by atoms with Crippen LogP contribution in [0.15, 0.2) is 5.11 Å². The number of piperidine rings is 1. The summed E-state index contributed by atoms with van der Waals surface area (Å²) in [7, 11) is -3.03. The van der Waals surface area contributed by atoms with Crippen LogP contribution in [0.5, 0.6) is 0 Å². The minimum atomic E-state index is -3.03. The van der Waals surface area contributed by atoms with E-state index in [-0.39, 0.29) is 11.3 Å². The molecule has 0 atom stereocenters. The number of azide groups is 1. The monoisotopic (exact) mass is 230 g/mol. The fourth-order valence-corrected chi connectivity index (χ4v) is 3.74. The number of sulfonamides is 1. The summed E-state index contributed by atoms with van der Waals surface area (Å²) < 4.78 is 25.2. The zero-order valence-electron chi connectivity index (χ0n) is 8.41. The first-order valence-corrected chi connectivity index (χ1v) is 6.68. The highest BCUT2D eigenvalue weighted by Gasteiger charge is 2.40. The first kappa shape index (κ1) is 10.7. The highest BCUT2D eigenvalue weighted by Crippen LogP contribution is 2.32. The molecule has 0 amide bonds. The minimum absolute atomic E-state index is 0.0272. The van der Waals surface area contributed by atoms with Crippen molar-refractivity contribution in [2.24, 2.45) is 5.11 Å². The normalized spacial score (nSPS) is 24.8. The second-order valence-electron chi connectivity index (χ2n) is 4.08. The van der Waals surface area contributed by atoms with Gasteiger partial charge in [-0.15, -0.1) is 0 Å². The zero-order chi connectivity index (χ0) is 10.9. The molecule has 1 heterocycles. The second kappa shape index (κ2) is 4.00. The highest BCUT2D eigenvalue weighted by molar-refractivity contribution is 7.90. The quantitative estimate of drug-likeness (QED) is 0.415. The summed E-state index contributed by atoms with van der Waals surface area (Å²) >= 11 is 0. The largest absolute Gasteiger partial charge is 0.216 e. The summed E-state index contributed by atoms with van der Waals surface area (Å²) in [6.45, 7) is 1.01. The number of rotatable bonds is 3. The highest BCUT2D eigenvalue weighted by atomic mass is 32.2. The third-order valence-corrected chi connectivity index (χ3v) is 5.34. The van der Waals surface area contributed by atoms with E-state index in [1.807, 2.05) is 0 Å². The minimum Gasteiger partial charge on any atom is -0.212 e. The Kier molecular flexibility index (Phi) is 2.86. The van der Waals surface area contributed by atoms with Gasteiger partial charge in [0, 0.05) is 24.0 Å². The average Bonchev–Trinajstić information content (AvgIpc) is 3.02. The van der Waals surface area contributed by atoms with Gasteiger partial charge < -0.3 is 0 Å². The molecule has 0 N–H and O–H groups in total. The number of hydrogen-bond donors (Lipinski definition) is 0. The van der Waals surface area contributed by atoms with Crippen molar-refractivity contribution in [3.63, 3.8) is 0 Å². The SMILES string of the molecule is [N-]=[N+]=NC1CCN(S(=O)(=O)C2CC2)CC1. The molecule has 1 aliphatic carbocycles. The van der Waals surface area contributed by atoms with Gasteiger partial charge in [-0.1, -0.05) is 5.11 Å². The number of nitrogens with zero attached hydrogens (tertiary/aromatic N) is 4. The van der Waals surface area contributed by atoms with Crippen molar-refractivity contribution >= 4 is 10.0 Å². The Bertz CT molecular complexity index is 375. The van der Waals surface area contributed by atoms with Crippen molar-refractivity contribution in [3.05, 3.63) is 10.4 Å². The lowest BCUT2D eigenvalue weighted by atomic mass is 10.1. The standard InChI is InChI=1S/C8H14N4O2S/c9-11-10-7-3-5-12(6-4-7)15(13,14)8-1-2-8/h7-8H,1-6H2. The Morgan fingerprint density at radius 1 is 1.20 bits per heavy atom. The van der Waals surface area contributed by atoms with Crippen LogP contribution < -0.4 is 0 Å². The summed E-state index contributed by atoms with van der Waals surface area (Å²) in [5, 5.41) is 3.49. The van der Waals surface area contributed by atoms with Crippen LogP contribution in [0.4, 0.5) is 0 Å². The van der Waals surface area contributed by atoms with E-state index in [0.29, 0.717) is 25.9 Å². The van der Waals surface area contributed by atoms with Crippen molar-refractivity contribution in [2.75, 3.05) is 13.1 Å². The molecule has 2 rings (SSSR count). The lowest BCUT2D eigenvalue weighted by Gasteiger charge is -2.29. The smallest absolute Gasteiger partial charge is 0.212 e.